The third-order valence-electron chi connectivity index (χ3n) is 7.83. The highest BCUT2D eigenvalue weighted by molar-refractivity contribution is 5.98. The summed E-state index contributed by atoms with van der Waals surface area (Å²) in [4.78, 5) is 30.5. The predicted octanol–water partition coefficient (Wildman–Crippen LogP) is 2.66. The van der Waals surface area contributed by atoms with E-state index < -0.39 is 0 Å². The van der Waals surface area contributed by atoms with Gasteiger partial charge in [0.2, 0.25) is 5.78 Å². The van der Waals surface area contributed by atoms with Gasteiger partial charge in [0.05, 0.1) is 11.4 Å². The predicted molar refractivity (Wildman–Crippen MR) is 134 cm³/mol. The number of nitrogens with zero attached hydrogens (tertiary/aromatic N) is 7. The number of carbonyl (C=O) groups excluding carboxylic acids is 1. The summed E-state index contributed by atoms with van der Waals surface area (Å²) in [6.07, 6.45) is 8.41. The Morgan fingerprint density at radius 2 is 1.82 bits per heavy atom. The van der Waals surface area contributed by atoms with Crippen molar-refractivity contribution in [1.82, 2.24) is 24.2 Å². The van der Waals surface area contributed by atoms with Crippen LogP contribution in [0.5, 0.6) is 0 Å². The van der Waals surface area contributed by atoms with Gasteiger partial charge in [-0.2, -0.15) is 0 Å². The number of anilines is 2. The van der Waals surface area contributed by atoms with Crippen molar-refractivity contribution in [2.75, 3.05) is 62.7 Å². The molecule has 0 unspecified atom stereocenters. The highest BCUT2D eigenvalue weighted by Gasteiger charge is 2.27. The highest BCUT2D eigenvalue weighted by Crippen LogP contribution is 2.30. The second kappa shape index (κ2) is 8.58. The van der Waals surface area contributed by atoms with E-state index in [0.29, 0.717) is 0 Å². The van der Waals surface area contributed by atoms with Crippen LogP contribution in [0.2, 0.25) is 0 Å². The molecule has 8 heteroatoms. The fraction of sp³-hybridized carbons (Fsp3) is 0.500. The van der Waals surface area contributed by atoms with E-state index >= 15 is 0 Å². The molecule has 0 radical (unpaired) electrons. The Kier molecular flexibility index (Phi) is 5.40. The molecular weight excluding hydrogens is 426 g/mol. The largest absolute Gasteiger partial charge is 0.372 e. The van der Waals surface area contributed by atoms with Gasteiger partial charge in [0.25, 0.3) is 5.91 Å². The van der Waals surface area contributed by atoms with Gasteiger partial charge >= 0.3 is 0 Å². The van der Waals surface area contributed by atoms with Gasteiger partial charge in [-0.25, -0.2) is 9.97 Å². The zero-order valence-electron chi connectivity index (χ0n) is 20.2. The molecule has 3 aliphatic rings. The fourth-order valence-corrected chi connectivity index (χ4v) is 5.79. The van der Waals surface area contributed by atoms with Crippen LogP contribution in [0, 0.1) is 12.8 Å². The highest BCUT2D eigenvalue weighted by atomic mass is 16.2. The van der Waals surface area contributed by atoms with Gasteiger partial charge in [-0.1, -0.05) is 0 Å². The summed E-state index contributed by atoms with van der Waals surface area (Å²) in [6, 6.07) is 6.38. The maximum absolute atomic E-state index is 12.2. The van der Waals surface area contributed by atoms with Crippen LogP contribution in [-0.2, 0) is 6.54 Å². The number of rotatable bonds is 4. The molecule has 34 heavy (non-hydrogen) atoms. The zero-order valence-corrected chi connectivity index (χ0v) is 20.2. The number of carbonyl (C=O) groups is 1. The number of fused-ring (bicyclic) bond motifs is 2. The lowest BCUT2D eigenvalue weighted by atomic mass is 9.95. The molecule has 8 nitrogen and oxygen atoms in total. The van der Waals surface area contributed by atoms with E-state index in [0.717, 1.165) is 68.8 Å². The Labute approximate surface area is 200 Å². The van der Waals surface area contributed by atoms with Crippen LogP contribution in [0.4, 0.5) is 11.4 Å². The van der Waals surface area contributed by atoms with Crippen molar-refractivity contribution in [1.29, 1.82) is 0 Å². The van der Waals surface area contributed by atoms with Gasteiger partial charge in [-0.3, -0.25) is 14.1 Å². The van der Waals surface area contributed by atoms with Crippen LogP contribution >= 0.6 is 0 Å². The molecule has 0 N–H and O–H groups in total. The quantitative estimate of drug-likeness (QED) is 0.598. The van der Waals surface area contributed by atoms with Gasteiger partial charge < -0.3 is 14.7 Å². The van der Waals surface area contributed by atoms with Crippen molar-refractivity contribution in [2.24, 2.45) is 5.92 Å². The number of hydrogen-bond donors (Lipinski definition) is 0. The van der Waals surface area contributed by atoms with Crippen LogP contribution in [0.1, 0.15) is 34.5 Å². The first-order chi connectivity index (χ1) is 16.5. The maximum atomic E-state index is 12.2. The van der Waals surface area contributed by atoms with Crippen LogP contribution < -0.4 is 9.80 Å². The summed E-state index contributed by atoms with van der Waals surface area (Å²) >= 11 is 0. The topological polar surface area (TPSA) is 60.2 Å². The van der Waals surface area contributed by atoms with Gasteiger partial charge in [0.1, 0.15) is 0 Å². The molecule has 3 aromatic rings. The van der Waals surface area contributed by atoms with Gasteiger partial charge in [-0.15, -0.1) is 0 Å². The zero-order chi connectivity index (χ0) is 23.2. The Morgan fingerprint density at radius 3 is 2.62 bits per heavy atom. The minimum absolute atomic E-state index is 0.147. The first kappa shape index (κ1) is 21.4. The first-order valence-corrected chi connectivity index (χ1v) is 12.5. The lowest BCUT2D eigenvalue weighted by Crippen LogP contribution is -2.49. The molecule has 0 aliphatic carbocycles. The number of hydrogen-bond acceptors (Lipinski definition) is 6. The SMILES string of the molecule is Cc1nc2nccn2cc1N1CCN(CC2CCN(c3ccc4c(c3)CN(C)C4=O)CC2)CC1. The van der Waals surface area contributed by atoms with E-state index in [9.17, 15) is 4.79 Å². The molecule has 0 atom stereocenters. The van der Waals surface area contributed by atoms with Crippen molar-refractivity contribution >= 4 is 23.1 Å². The first-order valence-electron chi connectivity index (χ1n) is 12.5. The van der Waals surface area contributed by atoms with Crippen LogP contribution in [-0.4, -0.2) is 82.9 Å². The molecule has 2 aromatic heterocycles. The Morgan fingerprint density at radius 1 is 1.03 bits per heavy atom. The molecule has 1 amide bonds. The molecule has 2 saturated heterocycles. The van der Waals surface area contributed by atoms with Crippen molar-refractivity contribution in [2.45, 2.75) is 26.3 Å². The molecule has 0 bridgehead atoms. The third kappa shape index (κ3) is 3.90. The smallest absolute Gasteiger partial charge is 0.254 e. The number of amides is 1. The maximum Gasteiger partial charge on any atom is 0.254 e. The second-order valence-corrected chi connectivity index (χ2v) is 10.1. The molecular formula is C26H33N7O. The van der Waals surface area contributed by atoms with Gasteiger partial charge in [0.15, 0.2) is 0 Å². The van der Waals surface area contributed by atoms with Crippen LogP contribution in [0.3, 0.4) is 0 Å². The number of imidazole rings is 1. The van der Waals surface area contributed by atoms with Crippen LogP contribution in [0.15, 0.2) is 36.8 Å². The Hall–Kier alpha value is -3.13. The fourth-order valence-electron chi connectivity index (χ4n) is 5.79. The molecule has 6 rings (SSSR count). The standard InChI is InChI=1S/C26H33N7O/c1-19-24(18-33-10-7-27-26(33)28-19)32-13-11-30(12-14-32)16-20-5-8-31(9-6-20)22-3-4-23-21(15-22)17-29(2)25(23)34/h3-4,7,10,15,18,20H,5-6,8-9,11-14,16-17H2,1-2H3. The van der Waals surface area contributed by atoms with Crippen molar-refractivity contribution in [3.05, 3.63) is 53.6 Å². The molecule has 0 spiro atoms. The number of aryl methyl sites for hydroxylation is 1. The summed E-state index contributed by atoms with van der Waals surface area (Å²) in [7, 11) is 1.88. The minimum Gasteiger partial charge on any atom is -0.372 e. The molecule has 5 heterocycles. The number of benzene rings is 1. The van der Waals surface area contributed by atoms with E-state index in [-0.39, 0.29) is 5.91 Å². The van der Waals surface area contributed by atoms with Gasteiger partial charge in [0, 0.05) is 89.2 Å². The summed E-state index contributed by atoms with van der Waals surface area (Å²) < 4.78 is 2.01. The lowest BCUT2D eigenvalue weighted by molar-refractivity contribution is 0.0816. The monoisotopic (exact) mass is 459 g/mol. The number of piperazine rings is 1. The summed E-state index contributed by atoms with van der Waals surface area (Å²) in [5.74, 6) is 1.68. The van der Waals surface area contributed by atoms with E-state index in [2.05, 4.69) is 49.9 Å². The summed E-state index contributed by atoms with van der Waals surface area (Å²) in [6.45, 7) is 10.5. The summed E-state index contributed by atoms with van der Waals surface area (Å²) in [5.41, 5.74) is 5.59. The van der Waals surface area contributed by atoms with E-state index in [1.807, 2.05) is 23.7 Å². The molecule has 0 saturated carbocycles. The van der Waals surface area contributed by atoms with Crippen molar-refractivity contribution < 1.29 is 4.79 Å². The van der Waals surface area contributed by atoms with Crippen LogP contribution in [0.25, 0.3) is 5.78 Å². The number of aromatic nitrogens is 3. The Bertz CT molecular complexity index is 1210. The average molecular weight is 460 g/mol. The van der Waals surface area contributed by atoms with E-state index in [1.54, 1.807) is 11.1 Å². The van der Waals surface area contributed by atoms with Gasteiger partial charge in [-0.05, 0) is 49.4 Å². The van der Waals surface area contributed by atoms with Crippen molar-refractivity contribution in [3.63, 3.8) is 0 Å². The Balaban J connectivity index is 1.01. The molecule has 3 aliphatic heterocycles. The molecule has 2 fully saturated rings. The van der Waals surface area contributed by atoms with E-state index in [4.69, 9.17) is 0 Å². The summed E-state index contributed by atoms with van der Waals surface area (Å²) in [5, 5.41) is 0. The average Bonchev–Trinajstić information content (AvgIpc) is 3.42. The minimum atomic E-state index is 0.147. The second-order valence-electron chi connectivity index (χ2n) is 10.1. The number of piperidine rings is 1. The lowest BCUT2D eigenvalue weighted by Gasteiger charge is -2.40. The third-order valence-corrected chi connectivity index (χ3v) is 7.83. The molecule has 178 valence electrons. The van der Waals surface area contributed by atoms with E-state index in [1.165, 1.54) is 36.3 Å². The van der Waals surface area contributed by atoms with Crippen molar-refractivity contribution in [3.8, 4) is 0 Å². The normalized spacial score (nSPS) is 19.9. The molecule has 1 aromatic carbocycles.